The van der Waals surface area contributed by atoms with Gasteiger partial charge in [0.15, 0.2) is 5.13 Å². The number of ether oxygens (including phenoxy) is 1. The average molecular weight is 417 g/mol. The number of carbonyl (C=O) groups is 2. The highest BCUT2D eigenvalue weighted by Gasteiger charge is 2.58. The fourth-order valence-electron chi connectivity index (χ4n) is 5.70. The molecule has 1 N–H and O–H groups in total. The molecule has 2 aromatic rings. The van der Waals surface area contributed by atoms with E-state index >= 15 is 0 Å². The SMILES string of the molecule is CC1C(=O)OC2C1CCC1(C)Cc3sc(NC(=O)c4cccs4)nc3C(C)C21. The summed E-state index contributed by atoms with van der Waals surface area (Å²) in [6.45, 7) is 6.56. The molecule has 1 aliphatic heterocycles. The molecule has 5 rings (SSSR count). The van der Waals surface area contributed by atoms with E-state index in [0.29, 0.717) is 15.9 Å². The summed E-state index contributed by atoms with van der Waals surface area (Å²) in [4.78, 5) is 31.4. The van der Waals surface area contributed by atoms with Gasteiger partial charge in [-0.25, -0.2) is 4.98 Å². The molecule has 1 saturated heterocycles. The Morgan fingerprint density at radius 3 is 2.93 bits per heavy atom. The Balaban J connectivity index is 1.45. The first kappa shape index (κ1) is 18.3. The number of fused-ring (bicyclic) bond motifs is 4. The molecule has 3 heterocycles. The van der Waals surface area contributed by atoms with Crippen molar-refractivity contribution >= 4 is 39.7 Å². The number of nitrogens with one attached hydrogen (secondary N) is 1. The van der Waals surface area contributed by atoms with Gasteiger partial charge in [0.25, 0.3) is 5.91 Å². The maximum absolute atomic E-state index is 12.4. The molecular formula is C21H24N2O3S2. The molecule has 0 spiro atoms. The van der Waals surface area contributed by atoms with E-state index in [9.17, 15) is 9.59 Å². The lowest BCUT2D eigenvalue weighted by atomic mass is 9.54. The molecule has 5 nitrogen and oxygen atoms in total. The van der Waals surface area contributed by atoms with Crippen molar-refractivity contribution in [1.82, 2.24) is 4.98 Å². The average Bonchev–Trinajstić information content (AvgIpc) is 3.35. The van der Waals surface area contributed by atoms with E-state index in [1.165, 1.54) is 16.2 Å². The Labute approximate surface area is 172 Å². The molecule has 2 aromatic heterocycles. The predicted octanol–water partition coefficient (Wildman–Crippen LogP) is 4.71. The lowest BCUT2D eigenvalue weighted by molar-refractivity contribution is -0.149. The van der Waals surface area contributed by atoms with Gasteiger partial charge in [0.1, 0.15) is 6.10 Å². The monoisotopic (exact) mass is 416 g/mol. The van der Waals surface area contributed by atoms with Gasteiger partial charge < -0.3 is 4.74 Å². The third-order valence-corrected chi connectivity index (χ3v) is 8.98. The summed E-state index contributed by atoms with van der Waals surface area (Å²) in [6.07, 6.45) is 3.10. The van der Waals surface area contributed by atoms with Crippen LogP contribution in [0.1, 0.15) is 59.8 Å². The van der Waals surface area contributed by atoms with Gasteiger partial charge >= 0.3 is 5.97 Å². The third-order valence-electron chi connectivity index (χ3n) is 7.12. The minimum atomic E-state index is -0.101. The van der Waals surface area contributed by atoms with Gasteiger partial charge in [-0.3, -0.25) is 14.9 Å². The van der Waals surface area contributed by atoms with E-state index in [4.69, 9.17) is 9.72 Å². The molecule has 28 heavy (non-hydrogen) atoms. The van der Waals surface area contributed by atoms with E-state index in [-0.39, 0.29) is 41.1 Å². The van der Waals surface area contributed by atoms with Crippen molar-refractivity contribution in [3.05, 3.63) is 33.0 Å². The Bertz CT molecular complexity index is 938. The van der Waals surface area contributed by atoms with Crippen molar-refractivity contribution in [3.8, 4) is 0 Å². The molecule has 0 radical (unpaired) electrons. The predicted molar refractivity (Wildman–Crippen MR) is 110 cm³/mol. The second-order valence-electron chi connectivity index (χ2n) is 8.80. The van der Waals surface area contributed by atoms with E-state index in [1.807, 2.05) is 24.4 Å². The van der Waals surface area contributed by atoms with Gasteiger partial charge in [-0.2, -0.15) is 0 Å². The maximum atomic E-state index is 12.4. The summed E-state index contributed by atoms with van der Waals surface area (Å²) < 4.78 is 5.89. The van der Waals surface area contributed by atoms with Gasteiger partial charge in [0.05, 0.1) is 16.5 Å². The van der Waals surface area contributed by atoms with Crippen molar-refractivity contribution in [3.63, 3.8) is 0 Å². The summed E-state index contributed by atoms with van der Waals surface area (Å²) in [5.74, 6) is 0.680. The highest BCUT2D eigenvalue weighted by molar-refractivity contribution is 7.16. The summed E-state index contributed by atoms with van der Waals surface area (Å²) in [6, 6.07) is 3.70. The van der Waals surface area contributed by atoms with Crippen LogP contribution >= 0.6 is 22.7 Å². The number of nitrogens with zero attached hydrogens (tertiary/aromatic N) is 1. The standard InChI is InChI=1S/C21H24N2O3S2/c1-10-12-6-7-21(3)9-14-16(11(2)15(21)17(12)26-19(10)25)22-20(28-14)23-18(24)13-5-4-8-27-13/h4-5,8,10-12,15,17H,6-7,9H2,1-3H3,(H,22,23,24). The molecule has 1 saturated carbocycles. The number of anilines is 1. The van der Waals surface area contributed by atoms with Crippen LogP contribution in [0.5, 0.6) is 0 Å². The molecule has 7 heteroatoms. The summed E-state index contributed by atoms with van der Waals surface area (Å²) in [7, 11) is 0. The number of hydrogen-bond acceptors (Lipinski definition) is 6. The first-order valence-electron chi connectivity index (χ1n) is 9.92. The zero-order valence-electron chi connectivity index (χ0n) is 16.2. The second kappa shape index (κ2) is 6.39. The van der Waals surface area contributed by atoms with Crippen LogP contribution in [-0.2, 0) is 16.0 Å². The van der Waals surface area contributed by atoms with E-state index in [0.717, 1.165) is 25.0 Å². The smallest absolute Gasteiger partial charge is 0.309 e. The van der Waals surface area contributed by atoms with Crippen molar-refractivity contribution in [2.45, 2.75) is 52.1 Å². The molecule has 0 aromatic carbocycles. The summed E-state index contributed by atoms with van der Waals surface area (Å²) >= 11 is 3.03. The first-order chi connectivity index (χ1) is 13.4. The largest absolute Gasteiger partial charge is 0.461 e. The van der Waals surface area contributed by atoms with Gasteiger partial charge in [0.2, 0.25) is 0 Å². The van der Waals surface area contributed by atoms with Gasteiger partial charge in [0, 0.05) is 22.6 Å². The van der Waals surface area contributed by atoms with Crippen molar-refractivity contribution in [2.75, 3.05) is 5.32 Å². The molecule has 6 unspecified atom stereocenters. The number of rotatable bonds is 2. The Kier molecular flexibility index (Phi) is 4.18. The number of hydrogen-bond donors (Lipinski definition) is 1. The minimum Gasteiger partial charge on any atom is -0.461 e. The number of carbonyl (C=O) groups excluding carboxylic acids is 2. The molecule has 0 bridgehead atoms. The topological polar surface area (TPSA) is 68.3 Å². The zero-order chi connectivity index (χ0) is 19.6. The van der Waals surface area contributed by atoms with Gasteiger partial charge in [-0.1, -0.05) is 26.8 Å². The fourth-order valence-corrected chi connectivity index (χ4v) is 7.58. The van der Waals surface area contributed by atoms with Crippen LogP contribution in [0.4, 0.5) is 5.13 Å². The van der Waals surface area contributed by atoms with Crippen LogP contribution in [0.15, 0.2) is 17.5 Å². The number of amides is 1. The molecule has 3 aliphatic rings. The highest BCUT2D eigenvalue weighted by atomic mass is 32.1. The number of aromatic nitrogens is 1. The molecule has 1 amide bonds. The number of thiophene rings is 1. The van der Waals surface area contributed by atoms with E-state index < -0.39 is 0 Å². The molecule has 6 atom stereocenters. The van der Waals surface area contributed by atoms with Gasteiger partial charge in [-0.15, -0.1) is 22.7 Å². The normalized spacial score (nSPS) is 36.2. The summed E-state index contributed by atoms with van der Waals surface area (Å²) in [5.41, 5.74) is 1.18. The fraction of sp³-hybridized carbons (Fsp3) is 0.571. The second-order valence-corrected chi connectivity index (χ2v) is 10.8. The van der Waals surface area contributed by atoms with E-state index in [1.54, 1.807) is 11.3 Å². The summed E-state index contributed by atoms with van der Waals surface area (Å²) in [5, 5.41) is 5.54. The van der Waals surface area contributed by atoms with Crippen LogP contribution in [0.3, 0.4) is 0 Å². The minimum absolute atomic E-state index is 0.000717. The van der Waals surface area contributed by atoms with Gasteiger partial charge in [-0.05, 0) is 36.1 Å². The van der Waals surface area contributed by atoms with Crippen LogP contribution in [0.2, 0.25) is 0 Å². The van der Waals surface area contributed by atoms with Crippen molar-refractivity contribution in [1.29, 1.82) is 0 Å². The van der Waals surface area contributed by atoms with Crippen molar-refractivity contribution in [2.24, 2.45) is 23.2 Å². The lowest BCUT2D eigenvalue weighted by Crippen LogP contribution is -2.50. The number of esters is 1. The van der Waals surface area contributed by atoms with E-state index in [2.05, 4.69) is 19.2 Å². The number of thiazole rings is 1. The first-order valence-corrected chi connectivity index (χ1v) is 11.6. The molecule has 148 valence electrons. The molecule has 2 aliphatic carbocycles. The molecule has 2 fully saturated rings. The Morgan fingerprint density at radius 2 is 2.18 bits per heavy atom. The van der Waals surface area contributed by atoms with Crippen LogP contribution in [0, 0.1) is 23.2 Å². The quantitative estimate of drug-likeness (QED) is 0.720. The van der Waals surface area contributed by atoms with Crippen LogP contribution in [-0.4, -0.2) is 23.0 Å². The Hall–Kier alpha value is -1.73. The van der Waals surface area contributed by atoms with Crippen LogP contribution in [0.25, 0.3) is 0 Å². The zero-order valence-corrected chi connectivity index (χ0v) is 17.9. The molecular weight excluding hydrogens is 392 g/mol. The highest BCUT2D eigenvalue weighted by Crippen LogP contribution is 2.59. The third kappa shape index (κ3) is 2.66. The van der Waals surface area contributed by atoms with Crippen LogP contribution < -0.4 is 5.32 Å². The maximum Gasteiger partial charge on any atom is 0.309 e. The van der Waals surface area contributed by atoms with Crippen molar-refractivity contribution < 1.29 is 14.3 Å². The lowest BCUT2D eigenvalue weighted by Gasteiger charge is -2.51. The Morgan fingerprint density at radius 1 is 1.36 bits per heavy atom.